The number of hydrogen-bond donors (Lipinski definition) is 1. The monoisotopic (exact) mass is 216 g/mol. The van der Waals surface area contributed by atoms with Crippen LogP contribution >= 0.6 is 0 Å². The first-order valence-electron chi connectivity index (χ1n) is 4.38. The maximum atomic E-state index is 12.8. The average Bonchev–Trinajstić information content (AvgIpc) is 2.92. The van der Waals surface area contributed by atoms with Gasteiger partial charge in [0.25, 0.3) is 0 Å². The molecule has 0 amide bonds. The highest BCUT2D eigenvalue weighted by Crippen LogP contribution is 2.47. The van der Waals surface area contributed by atoms with E-state index in [9.17, 15) is 18.0 Å². The number of halogens is 3. The predicted molar refractivity (Wildman–Crippen MR) is 44.8 cm³/mol. The maximum absolute atomic E-state index is 12.8. The fraction of sp³-hybridized carbons (Fsp3) is 0.300. The van der Waals surface area contributed by atoms with Gasteiger partial charge in [-0.2, -0.15) is 0 Å². The minimum absolute atomic E-state index is 0.207. The molecule has 1 fully saturated rings. The molecule has 5 heteroatoms. The van der Waals surface area contributed by atoms with Crippen LogP contribution in [-0.2, 0) is 4.79 Å². The third kappa shape index (κ3) is 1.69. The van der Waals surface area contributed by atoms with Gasteiger partial charge in [0.1, 0.15) is 0 Å². The highest BCUT2D eigenvalue weighted by atomic mass is 19.2. The summed E-state index contributed by atoms with van der Waals surface area (Å²) < 4.78 is 38.2. The Balaban J connectivity index is 2.28. The van der Waals surface area contributed by atoms with Gasteiger partial charge in [0.05, 0.1) is 5.92 Å². The van der Waals surface area contributed by atoms with Crippen LogP contribution in [0.5, 0.6) is 0 Å². The van der Waals surface area contributed by atoms with Crippen molar-refractivity contribution in [1.82, 2.24) is 0 Å². The molecule has 0 aromatic heterocycles. The molecule has 2 nitrogen and oxygen atoms in total. The summed E-state index contributed by atoms with van der Waals surface area (Å²) in [5.74, 6) is -6.07. The smallest absolute Gasteiger partial charge is 0.307 e. The minimum Gasteiger partial charge on any atom is -0.481 e. The van der Waals surface area contributed by atoms with Crippen LogP contribution in [0.1, 0.15) is 17.9 Å². The highest BCUT2D eigenvalue weighted by Gasteiger charge is 2.44. The lowest BCUT2D eigenvalue weighted by Gasteiger charge is -2.01. The van der Waals surface area contributed by atoms with Crippen molar-refractivity contribution in [3.05, 3.63) is 35.1 Å². The average molecular weight is 216 g/mol. The number of rotatable bonds is 2. The van der Waals surface area contributed by atoms with Gasteiger partial charge in [-0.25, -0.2) is 13.2 Å². The van der Waals surface area contributed by atoms with E-state index in [0.29, 0.717) is 6.42 Å². The van der Waals surface area contributed by atoms with E-state index >= 15 is 0 Å². The molecule has 0 spiro atoms. The molecular weight excluding hydrogens is 209 g/mol. The van der Waals surface area contributed by atoms with E-state index in [1.165, 1.54) is 0 Å². The quantitative estimate of drug-likeness (QED) is 0.770. The van der Waals surface area contributed by atoms with E-state index in [1.54, 1.807) is 0 Å². The summed E-state index contributed by atoms with van der Waals surface area (Å²) in [6.07, 6.45) is 0.347. The molecule has 0 bridgehead atoms. The van der Waals surface area contributed by atoms with E-state index in [4.69, 9.17) is 5.11 Å². The molecule has 1 aromatic rings. The van der Waals surface area contributed by atoms with Gasteiger partial charge >= 0.3 is 5.97 Å². The van der Waals surface area contributed by atoms with E-state index < -0.39 is 35.3 Å². The molecule has 1 N–H and O–H groups in total. The number of carboxylic acid groups (broad SMARTS) is 1. The van der Waals surface area contributed by atoms with Crippen LogP contribution in [-0.4, -0.2) is 11.1 Å². The second-order valence-corrected chi connectivity index (χ2v) is 3.59. The Hall–Kier alpha value is -1.52. The molecule has 80 valence electrons. The van der Waals surface area contributed by atoms with E-state index in [2.05, 4.69) is 0 Å². The summed E-state index contributed by atoms with van der Waals surface area (Å²) in [6.45, 7) is 0. The van der Waals surface area contributed by atoms with Crippen molar-refractivity contribution in [3.8, 4) is 0 Å². The van der Waals surface area contributed by atoms with Gasteiger partial charge in [-0.1, -0.05) is 0 Å². The lowest BCUT2D eigenvalue weighted by atomic mass is 10.1. The lowest BCUT2D eigenvalue weighted by molar-refractivity contribution is -0.138. The molecule has 0 saturated heterocycles. The number of carbonyl (C=O) groups is 1. The van der Waals surface area contributed by atoms with Crippen molar-refractivity contribution in [2.24, 2.45) is 5.92 Å². The second-order valence-electron chi connectivity index (χ2n) is 3.59. The van der Waals surface area contributed by atoms with Gasteiger partial charge in [-0.15, -0.1) is 0 Å². The standard InChI is InChI=1S/C10H7F3O2/c11-7-1-4(2-8(12)9(7)13)5-3-6(5)10(14)15/h1-2,5-6H,3H2,(H,14,15)/t5-,6-/m1/s1. The largest absolute Gasteiger partial charge is 0.481 e. The highest BCUT2D eigenvalue weighted by molar-refractivity contribution is 5.75. The number of aliphatic carboxylic acids is 1. The zero-order chi connectivity index (χ0) is 11.2. The van der Waals surface area contributed by atoms with Crippen molar-refractivity contribution in [2.45, 2.75) is 12.3 Å². The van der Waals surface area contributed by atoms with Crippen molar-refractivity contribution < 1.29 is 23.1 Å². The Morgan fingerprint density at radius 2 is 1.80 bits per heavy atom. The van der Waals surface area contributed by atoms with Gasteiger partial charge in [-0.3, -0.25) is 4.79 Å². The van der Waals surface area contributed by atoms with Gasteiger partial charge in [0.15, 0.2) is 17.5 Å². The predicted octanol–water partition coefficient (Wildman–Crippen LogP) is 2.29. The third-order valence-electron chi connectivity index (χ3n) is 2.54. The normalized spacial score (nSPS) is 23.9. The molecule has 2 atom stereocenters. The van der Waals surface area contributed by atoms with Crippen LogP contribution in [0.2, 0.25) is 0 Å². The fourth-order valence-corrected chi connectivity index (χ4v) is 1.63. The Labute approximate surface area is 83.3 Å². The summed E-state index contributed by atoms with van der Waals surface area (Å²) in [7, 11) is 0. The fourth-order valence-electron chi connectivity index (χ4n) is 1.63. The van der Waals surface area contributed by atoms with Crippen LogP contribution < -0.4 is 0 Å². The summed E-state index contributed by atoms with van der Waals surface area (Å²) in [4.78, 5) is 10.5. The van der Waals surface area contributed by atoms with Gasteiger partial charge in [-0.05, 0) is 30.0 Å². The molecule has 1 saturated carbocycles. The molecule has 15 heavy (non-hydrogen) atoms. The number of hydrogen-bond acceptors (Lipinski definition) is 1. The van der Waals surface area contributed by atoms with E-state index in [-0.39, 0.29) is 5.56 Å². The Morgan fingerprint density at radius 1 is 1.27 bits per heavy atom. The SMILES string of the molecule is O=C(O)[C@@H]1C[C@@H]1c1cc(F)c(F)c(F)c1. The summed E-state index contributed by atoms with van der Waals surface area (Å²) >= 11 is 0. The topological polar surface area (TPSA) is 37.3 Å². The number of benzene rings is 1. The zero-order valence-corrected chi connectivity index (χ0v) is 7.51. The Morgan fingerprint density at radius 3 is 2.20 bits per heavy atom. The van der Waals surface area contributed by atoms with Gasteiger partial charge < -0.3 is 5.11 Å². The van der Waals surface area contributed by atoms with E-state index in [1.807, 2.05) is 0 Å². The summed E-state index contributed by atoms with van der Waals surface area (Å²) in [6, 6.07) is 1.71. The van der Waals surface area contributed by atoms with Gasteiger partial charge in [0.2, 0.25) is 0 Å². The van der Waals surface area contributed by atoms with Crippen molar-refractivity contribution in [2.75, 3.05) is 0 Å². The van der Waals surface area contributed by atoms with Crippen molar-refractivity contribution >= 4 is 5.97 Å². The molecule has 1 aliphatic carbocycles. The molecule has 0 unspecified atom stereocenters. The van der Waals surface area contributed by atoms with Crippen molar-refractivity contribution in [3.63, 3.8) is 0 Å². The summed E-state index contributed by atoms with van der Waals surface area (Å²) in [5, 5.41) is 8.62. The van der Waals surface area contributed by atoms with Crippen LogP contribution in [0.25, 0.3) is 0 Å². The molecule has 2 rings (SSSR count). The van der Waals surface area contributed by atoms with E-state index in [0.717, 1.165) is 12.1 Å². The molecule has 1 aromatic carbocycles. The first-order valence-corrected chi connectivity index (χ1v) is 4.38. The Kier molecular flexibility index (Phi) is 2.17. The Bertz CT molecular complexity index is 408. The number of carboxylic acids is 1. The van der Waals surface area contributed by atoms with Crippen molar-refractivity contribution in [1.29, 1.82) is 0 Å². The van der Waals surface area contributed by atoms with Crippen LogP contribution in [0, 0.1) is 23.4 Å². The maximum Gasteiger partial charge on any atom is 0.307 e. The minimum atomic E-state index is -1.52. The lowest BCUT2D eigenvalue weighted by Crippen LogP contribution is -2.00. The molecule has 0 radical (unpaired) electrons. The first kappa shape index (κ1) is 10.0. The molecule has 0 aliphatic heterocycles. The third-order valence-corrected chi connectivity index (χ3v) is 2.54. The molecule has 1 aliphatic rings. The van der Waals surface area contributed by atoms with Gasteiger partial charge in [0, 0.05) is 0 Å². The first-order chi connectivity index (χ1) is 7.00. The van der Waals surface area contributed by atoms with Crippen LogP contribution in [0.3, 0.4) is 0 Å². The zero-order valence-electron chi connectivity index (χ0n) is 7.51. The second kappa shape index (κ2) is 3.25. The van der Waals surface area contributed by atoms with Crippen LogP contribution in [0.15, 0.2) is 12.1 Å². The van der Waals surface area contributed by atoms with Crippen LogP contribution in [0.4, 0.5) is 13.2 Å². The molecular formula is C10H7F3O2. The molecule has 0 heterocycles. The summed E-state index contributed by atoms with van der Waals surface area (Å²) in [5.41, 5.74) is 0.207.